The summed E-state index contributed by atoms with van der Waals surface area (Å²) in [6.07, 6.45) is -4.52. The zero-order valence-corrected chi connectivity index (χ0v) is 16.9. The Morgan fingerprint density at radius 3 is 2.34 bits per heavy atom. The number of rotatable bonds is 7. The van der Waals surface area contributed by atoms with E-state index in [0.29, 0.717) is 11.4 Å². The smallest absolute Gasteiger partial charge is 0.416 e. The van der Waals surface area contributed by atoms with E-state index in [2.05, 4.69) is 10.6 Å². The van der Waals surface area contributed by atoms with Crippen molar-refractivity contribution in [2.24, 2.45) is 0 Å². The zero-order chi connectivity index (χ0) is 23.1. The zero-order valence-electron chi connectivity index (χ0n) is 16.9. The van der Waals surface area contributed by atoms with E-state index in [1.54, 1.807) is 36.4 Å². The molecule has 0 bridgehead atoms. The molecule has 32 heavy (non-hydrogen) atoms. The number of anilines is 2. The number of methoxy groups -OCH3 is 1. The van der Waals surface area contributed by atoms with Crippen LogP contribution in [-0.4, -0.2) is 25.5 Å². The highest BCUT2D eigenvalue weighted by Crippen LogP contribution is 2.31. The van der Waals surface area contributed by atoms with Gasteiger partial charge in [-0.1, -0.05) is 24.3 Å². The molecule has 0 saturated carbocycles. The number of nitrogens with one attached hydrogen (secondary N) is 2. The van der Waals surface area contributed by atoms with Crippen molar-refractivity contribution in [2.75, 3.05) is 24.4 Å². The predicted octanol–water partition coefficient (Wildman–Crippen LogP) is 4.98. The Morgan fingerprint density at radius 1 is 0.875 bits per heavy atom. The number of hydrogen-bond donors (Lipinski definition) is 2. The van der Waals surface area contributed by atoms with Gasteiger partial charge in [0.2, 0.25) is 0 Å². The molecular formula is C23H19F3N2O4. The van der Waals surface area contributed by atoms with Crippen molar-refractivity contribution >= 4 is 23.2 Å². The Hall–Kier alpha value is -4.01. The topological polar surface area (TPSA) is 76.7 Å². The molecule has 6 nitrogen and oxygen atoms in total. The maximum Gasteiger partial charge on any atom is 0.416 e. The normalized spacial score (nSPS) is 10.9. The first-order chi connectivity index (χ1) is 15.3. The van der Waals surface area contributed by atoms with E-state index in [-0.39, 0.29) is 17.0 Å². The molecule has 0 spiro atoms. The molecule has 0 aliphatic carbocycles. The van der Waals surface area contributed by atoms with Crippen molar-refractivity contribution in [3.63, 3.8) is 0 Å². The summed E-state index contributed by atoms with van der Waals surface area (Å²) in [5.74, 6) is -0.632. The van der Waals surface area contributed by atoms with Gasteiger partial charge in [0.05, 0.1) is 23.9 Å². The molecule has 3 aromatic carbocycles. The maximum absolute atomic E-state index is 12.8. The summed E-state index contributed by atoms with van der Waals surface area (Å²) in [4.78, 5) is 25.0. The van der Waals surface area contributed by atoms with Crippen molar-refractivity contribution in [3.8, 4) is 11.5 Å². The predicted molar refractivity (Wildman–Crippen MR) is 113 cm³/mol. The quantitative estimate of drug-likeness (QED) is 0.539. The van der Waals surface area contributed by atoms with Gasteiger partial charge < -0.3 is 20.1 Å². The fourth-order valence-electron chi connectivity index (χ4n) is 2.79. The number of ether oxygens (including phenoxy) is 2. The Balaban J connectivity index is 1.65. The van der Waals surface area contributed by atoms with Crippen LogP contribution in [0.15, 0.2) is 72.8 Å². The van der Waals surface area contributed by atoms with Crippen LogP contribution in [0.25, 0.3) is 0 Å². The van der Waals surface area contributed by atoms with Crippen molar-refractivity contribution in [1.82, 2.24) is 0 Å². The highest BCUT2D eigenvalue weighted by Gasteiger charge is 2.30. The lowest BCUT2D eigenvalue weighted by molar-refractivity contribution is -0.137. The van der Waals surface area contributed by atoms with Gasteiger partial charge in [-0.2, -0.15) is 13.2 Å². The van der Waals surface area contributed by atoms with Gasteiger partial charge in [0.1, 0.15) is 11.5 Å². The summed E-state index contributed by atoms with van der Waals surface area (Å²) in [7, 11) is 1.51. The largest absolute Gasteiger partial charge is 0.497 e. The summed E-state index contributed by atoms with van der Waals surface area (Å²) in [6, 6.07) is 17.3. The molecule has 0 saturated heterocycles. The first kappa shape index (κ1) is 22.7. The van der Waals surface area contributed by atoms with Crippen LogP contribution in [0.5, 0.6) is 11.5 Å². The van der Waals surface area contributed by atoms with Gasteiger partial charge in [0.15, 0.2) is 6.61 Å². The second-order valence-corrected chi connectivity index (χ2v) is 6.59. The Morgan fingerprint density at radius 2 is 1.59 bits per heavy atom. The Kier molecular flexibility index (Phi) is 6.99. The van der Waals surface area contributed by atoms with E-state index in [1.165, 1.54) is 31.4 Å². The molecule has 3 aromatic rings. The van der Waals surface area contributed by atoms with Gasteiger partial charge in [0.25, 0.3) is 11.8 Å². The standard InChI is InChI=1S/C23H19F3N2O4/c1-31-17-8-5-7-16(13-17)27-22(30)19-10-2-3-11-20(19)28-21(29)14-32-18-9-4-6-15(12-18)23(24,25)26/h2-13H,14H2,1H3,(H,27,30)(H,28,29). The fraction of sp³-hybridized carbons (Fsp3) is 0.130. The molecule has 0 heterocycles. The van der Waals surface area contributed by atoms with Crippen LogP contribution in [0.3, 0.4) is 0 Å². The van der Waals surface area contributed by atoms with E-state index in [1.807, 2.05) is 0 Å². The third-order valence-electron chi connectivity index (χ3n) is 4.30. The average molecular weight is 444 g/mol. The van der Waals surface area contributed by atoms with Crippen LogP contribution in [0, 0.1) is 0 Å². The molecule has 3 rings (SSSR count). The molecule has 2 N–H and O–H groups in total. The summed E-state index contributed by atoms with van der Waals surface area (Å²) >= 11 is 0. The molecule has 2 amide bonds. The van der Waals surface area contributed by atoms with E-state index in [4.69, 9.17) is 9.47 Å². The number of alkyl halides is 3. The van der Waals surface area contributed by atoms with Gasteiger partial charge in [-0.05, 0) is 42.5 Å². The van der Waals surface area contributed by atoms with Gasteiger partial charge in [-0.25, -0.2) is 0 Å². The maximum atomic E-state index is 12.8. The lowest BCUT2D eigenvalue weighted by Gasteiger charge is -2.13. The second kappa shape index (κ2) is 9.86. The lowest BCUT2D eigenvalue weighted by atomic mass is 10.1. The van der Waals surface area contributed by atoms with E-state index < -0.39 is 30.2 Å². The molecule has 0 aliphatic heterocycles. The Bertz CT molecular complexity index is 1120. The van der Waals surface area contributed by atoms with Crippen molar-refractivity contribution < 1.29 is 32.2 Å². The number of halogens is 3. The molecular weight excluding hydrogens is 425 g/mol. The fourth-order valence-corrected chi connectivity index (χ4v) is 2.79. The average Bonchev–Trinajstić information content (AvgIpc) is 2.78. The summed E-state index contributed by atoms with van der Waals surface area (Å²) in [5, 5.41) is 5.26. The third-order valence-corrected chi connectivity index (χ3v) is 4.30. The molecule has 0 fully saturated rings. The number of para-hydroxylation sites is 1. The van der Waals surface area contributed by atoms with Crippen molar-refractivity contribution in [1.29, 1.82) is 0 Å². The van der Waals surface area contributed by atoms with Crippen LogP contribution in [0.4, 0.5) is 24.5 Å². The lowest BCUT2D eigenvalue weighted by Crippen LogP contribution is -2.23. The van der Waals surface area contributed by atoms with Crippen LogP contribution >= 0.6 is 0 Å². The molecule has 0 aliphatic rings. The summed E-state index contributed by atoms with van der Waals surface area (Å²) < 4.78 is 48.7. The number of hydrogen-bond acceptors (Lipinski definition) is 4. The van der Waals surface area contributed by atoms with Crippen LogP contribution in [-0.2, 0) is 11.0 Å². The minimum Gasteiger partial charge on any atom is -0.497 e. The molecule has 0 aromatic heterocycles. The van der Waals surface area contributed by atoms with E-state index in [9.17, 15) is 22.8 Å². The number of carbonyl (C=O) groups excluding carboxylic acids is 2. The van der Waals surface area contributed by atoms with Crippen LogP contribution in [0.2, 0.25) is 0 Å². The summed E-state index contributed by atoms with van der Waals surface area (Å²) in [5.41, 5.74) is 0.0478. The Labute approximate surface area is 182 Å². The minimum absolute atomic E-state index is 0.0981. The van der Waals surface area contributed by atoms with Crippen molar-refractivity contribution in [2.45, 2.75) is 6.18 Å². The molecule has 9 heteroatoms. The summed E-state index contributed by atoms with van der Waals surface area (Å²) in [6.45, 7) is -0.535. The second-order valence-electron chi connectivity index (χ2n) is 6.59. The van der Waals surface area contributed by atoms with Crippen LogP contribution in [0.1, 0.15) is 15.9 Å². The SMILES string of the molecule is COc1cccc(NC(=O)c2ccccc2NC(=O)COc2cccc(C(F)(F)F)c2)c1. The minimum atomic E-state index is -4.52. The van der Waals surface area contributed by atoms with E-state index >= 15 is 0 Å². The highest BCUT2D eigenvalue weighted by molar-refractivity contribution is 6.10. The number of amides is 2. The van der Waals surface area contributed by atoms with Gasteiger partial charge in [-0.3, -0.25) is 9.59 Å². The van der Waals surface area contributed by atoms with Gasteiger partial charge >= 0.3 is 6.18 Å². The number of benzene rings is 3. The monoisotopic (exact) mass is 444 g/mol. The third kappa shape index (κ3) is 6.00. The van der Waals surface area contributed by atoms with Crippen LogP contribution < -0.4 is 20.1 Å². The highest BCUT2D eigenvalue weighted by atomic mass is 19.4. The van der Waals surface area contributed by atoms with Gasteiger partial charge in [-0.15, -0.1) is 0 Å². The molecule has 166 valence electrons. The first-order valence-electron chi connectivity index (χ1n) is 9.40. The van der Waals surface area contributed by atoms with Gasteiger partial charge in [0, 0.05) is 11.8 Å². The number of carbonyl (C=O) groups is 2. The van der Waals surface area contributed by atoms with E-state index in [0.717, 1.165) is 12.1 Å². The molecule has 0 unspecified atom stereocenters. The molecule has 0 radical (unpaired) electrons. The molecule has 0 atom stereocenters. The first-order valence-corrected chi connectivity index (χ1v) is 9.40. The van der Waals surface area contributed by atoms with Crippen molar-refractivity contribution in [3.05, 3.63) is 83.9 Å².